The van der Waals surface area contributed by atoms with Crippen LogP contribution in [-0.4, -0.2) is 32.2 Å². The third-order valence-electron chi connectivity index (χ3n) is 5.11. The van der Waals surface area contributed by atoms with E-state index < -0.39 is 9.84 Å². The van der Waals surface area contributed by atoms with Crippen molar-refractivity contribution in [2.24, 2.45) is 0 Å². The average Bonchev–Trinajstić information content (AvgIpc) is 3.33. The topological polar surface area (TPSA) is 94.6 Å². The lowest BCUT2D eigenvalue weighted by atomic mass is 10.2. The first-order valence-electron chi connectivity index (χ1n) is 10.9. The molecule has 9 heteroatoms. The fraction of sp³-hybridized carbons (Fsp3) is 0.154. The SMILES string of the molecule is COc1ccc(S(=O)(=O)CCCC(=O)Nc2nc(-c3ccc(Oc4ccccc4)cc3)cs2)cc1. The van der Waals surface area contributed by atoms with Gasteiger partial charge in [0.1, 0.15) is 17.2 Å². The fourth-order valence-electron chi connectivity index (χ4n) is 3.29. The molecule has 0 aliphatic carbocycles. The summed E-state index contributed by atoms with van der Waals surface area (Å²) in [4.78, 5) is 17.0. The number of hydrogen-bond donors (Lipinski definition) is 1. The highest BCUT2D eigenvalue weighted by molar-refractivity contribution is 7.91. The van der Waals surface area contributed by atoms with Crippen molar-refractivity contribution in [3.8, 4) is 28.5 Å². The molecule has 0 radical (unpaired) electrons. The molecule has 1 aromatic heterocycles. The predicted molar refractivity (Wildman–Crippen MR) is 137 cm³/mol. The Morgan fingerprint density at radius 2 is 1.57 bits per heavy atom. The number of anilines is 1. The summed E-state index contributed by atoms with van der Waals surface area (Å²) in [5, 5.41) is 5.07. The summed E-state index contributed by atoms with van der Waals surface area (Å²) in [6.07, 6.45) is 0.289. The van der Waals surface area contributed by atoms with Crippen LogP contribution in [0.25, 0.3) is 11.3 Å². The van der Waals surface area contributed by atoms with Gasteiger partial charge in [-0.05, 0) is 67.1 Å². The number of carbonyl (C=O) groups excluding carboxylic acids is 1. The fourth-order valence-corrected chi connectivity index (χ4v) is 5.33. The molecular formula is C26H24N2O5S2. The second kappa shape index (κ2) is 11.2. The molecule has 35 heavy (non-hydrogen) atoms. The number of ether oxygens (including phenoxy) is 2. The number of thiazole rings is 1. The van der Waals surface area contributed by atoms with Crippen LogP contribution in [0, 0.1) is 0 Å². The number of aromatic nitrogens is 1. The van der Waals surface area contributed by atoms with E-state index in [0.717, 1.165) is 17.0 Å². The van der Waals surface area contributed by atoms with E-state index in [1.54, 1.807) is 12.1 Å². The van der Waals surface area contributed by atoms with Crippen LogP contribution in [0.1, 0.15) is 12.8 Å². The Morgan fingerprint density at radius 1 is 0.914 bits per heavy atom. The van der Waals surface area contributed by atoms with Crippen LogP contribution in [0.15, 0.2) is 89.1 Å². The molecule has 0 unspecified atom stereocenters. The Balaban J connectivity index is 1.28. The number of nitrogens with zero attached hydrogens (tertiary/aromatic N) is 1. The molecule has 0 atom stereocenters. The van der Waals surface area contributed by atoms with E-state index in [-0.39, 0.29) is 29.4 Å². The first-order valence-corrected chi connectivity index (χ1v) is 13.4. The quantitative estimate of drug-likeness (QED) is 0.291. The normalized spacial score (nSPS) is 11.1. The van der Waals surface area contributed by atoms with Gasteiger partial charge in [-0.25, -0.2) is 13.4 Å². The van der Waals surface area contributed by atoms with Gasteiger partial charge in [-0.2, -0.15) is 0 Å². The standard InChI is InChI=1S/C26H24N2O5S2/c1-32-20-13-15-23(16-14-20)35(30,31)17-5-8-25(29)28-26-27-24(18-34-26)19-9-11-22(12-10-19)33-21-6-3-2-4-7-21/h2-4,6-7,9-16,18H,5,8,17H2,1H3,(H,27,28,29). The summed E-state index contributed by atoms with van der Waals surface area (Å²) in [6.45, 7) is 0. The van der Waals surface area contributed by atoms with Gasteiger partial charge in [0.2, 0.25) is 5.91 Å². The van der Waals surface area contributed by atoms with E-state index >= 15 is 0 Å². The first-order chi connectivity index (χ1) is 16.9. The first kappa shape index (κ1) is 24.4. The number of sulfone groups is 1. The van der Waals surface area contributed by atoms with Crippen LogP contribution in [0.4, 0.5) is 5.13 Å². The predicted octanol–water partition coefficient (Wildman–Crippen LogP) is 5.80. The zero-order chi connectivity index (χ0) is 24.7. The molecule has 4 aromatic rings. The number of methoxy groups -OCH3 is 1. The largest absolute Gasteiger partial charge is 0.497 e. The minimum Gasteiger partial charge on any atom is -0.497 e. The van der Waals surface area contributed by atoms with Gasteiger partial charge in [-0.3, -0.25) is 4.79 Å². The third kappa shape index (κ3) is 6.68. The minimum atomic E-state index is -3.47. The van der Waals surface area contributed by atoms with Crippen molar-refractivity contribution in [1.82, 2.24) is 4.98 Å². The van der Waals surface area contributed by atoms with Crippen molar-refractivity contribution >= 4 is 32.2 Å². The average molecular weight is 509 g/mol. The van der Waals surface area contributed by atoms with Gasteiger partial charge in [0.25, 0.3) is 0 Å². The second-order valence-electron chi connectivity index (χ2n) is 7.62. The van der Waals surface area contributed by atoms with E-state index in [1.165, 1.54) is 30.6 Å². The number of carbonyl (C=O) groups is 1. The molecule has 0 fully saturated rings. The van der Waals surface area contributed by atoms with Crippen molar-refractivity contribution in [3.05, 3.63) is 84.2 Å². The van der Waals surface area contributed by atoms with E-state index in [1.807, 2.05) is 60.0 Å². The monoisotopic (exact) mass is 508 g/mol. The number of benzene rings is 3. The molecule has 7 nitrogen and oxygen atoms in total. The molecule has 0 bridgehead atoms. The molecule has 1 heterocycles. The van der Waals surface area contributed by atoms with Gasteiger partial charge in [-0.15, -0.1) is 11.3 Å². The molecule has 0 spiro atoms. The Hall–Kier alpha value is -3.69. The van der Waals surface area contributed by atoms with Crippen molar-refractivity contribution in [3.63, 3.8) is 0 Å². The van der Waals surface area contributed by atoms with Gasteiger partial charge in [0.05, 0.1) is 23.5 Å². The van der Waals surface area contributed by atoms with E-state index in [9.17, 15) is 13.2 Å². The van der Waals surface area contributed by atoms with Crippen LogP contribution in [0.3, 0.4) is 0 Å². The van der Waals surface area contributed by atoms with Gasteiger partial charge < -0.3 is 14.8 Å². The summed E-state index contributed by atoms with van der Waals surface area (Å²) in [7, 11) is -1.95. The maximum absolute atomic E-state index is 12.5. The highest BCUT2D eigenvalue weighted by Crippen LogP contribution is 2.28. The lowest BCUT2D eigenvalue weighted by Crippen LogP contribution is -2.14. The van der Waals surface area contributed by atoms with Gasteiger partial charge >= 0.3 is 0 Å². The van der Waals surface area contributed by atoms with Crippen molar-refractivity contribution < 1.29 is 22.7 Å². The molecular weight excluding hydrogens is 484 g/mol. The Morgan fingerprint density at radius 3 is 2.26 bits per heavy atom. The molecule has 4 rings (SSSR count). The van der Waals surface area contributed by atoms with Gasteiger partial charge in [0.15, 0.2) is 15.0 Å². The molecule has 0 aliphatic rings. The summed E-state index contributed by atoms with van der Waals surface area (Å²) >= 11 is 1.31. The summed E-state index contributed by atoms with van der Waals surface area (Å²) < 4.78 is 35.8. The molecule has 180 valence electrons. The van der Waals surface area contributed by atoms with Crippen molar-refractivity contribution in [1.29, 1.82) is 0 Å². The van der Waals surface area contributed by atoms with Crippen LogP contribution in [0.5, 0.6) is 17.2 Å². The summed E-state index contributed by atoms with van der Waals surface area (Å²) in [5.74, 6) is 1.67. The minimum absolute atomic E-state index is 0.0792. The highest BCUT2D eigenvalue weighted by Gasteiger charge is 2.16. The van der Waals surface area contributed by atoms with Crippen LogP contribution < -0.4 is 14.8 Å². The smallest absolute Gasteiger partial charge is 0.226 e. The number of hydrogen-bond acceptors (Lipinski definition) is 7. The van der Waals surface area contributed by atoms with Crippen molar-refractivity contribution in [2.75, 3.05) is 18.2 Å². The lowest BCUT2D eigenvalue weighted by Gasteiger charge is -2.06. The number of nitrogens with one attached hydrogen (secondary N) is 1. The van der Waals surface area contributed by atoms with Crippen LogP contribution in [-0.2, 0) is 14.6 Å². The number of rotatable bonds is 10. The molecule has 0 saturated carbocycles. The van der Waals surface area contributed by atoms with E-state index in [0.29, 0.717) is 16.6 Å². The Bertz CT molecular complexity index is 1370. The van der Waals surface area contributed by atoms with Crippen LogP contribution >= 0.6 is 11.3 Å². The van der Waals surface area contributed by atoms with E-state index in [4.69, 9.17) is 9.47 Å². The molecule has 0 saturated heterocycles. The van der Waals surface area contributed by atoms with Gasteiger partial charge in [-0.1, -0.05) is 18.2 Å². The number of para-hydroxylation sites is 1. The maximum atomic E-state index is 12.5. The zero-order valence-corrected chi connectivity index (χ0v) is 20.6. The summed E-state index contributed by atoms with van der Waals surface area (Å²) in [5.41, 5.74) is 1.63. The second-order valence-corrected chi connectivity index (χ2v) is 10.6. The van der Waals surface area contributed by atoms with Crippen molar-refractivity contribution in [2.45, 2.75) is 17.7 Å². The molecule has 3 aromatic carbocycles. The van der Waals surface area contributed by atoms with Gasteiger partial charge in [0, 0.05) is 17.4 Å². The third-order valence-corrected chi connectivity index (χ3v) is 7.69. The van der Waals surface area contributed by atoms with Crippen LogP contribution in [0.2, 0.25) is 0 Å². The molecule has 1 amide bonds. The Kier molecular flexibility index (Phi) is 7.79. The Labute approximate surface area is 208 Å². The lowest BCUT2D eigenvalue weighted by molar-refractivity contribution is -0.116. The number of amides is 1. The zero-order valence-electron chi connectivity index (χ0n) is 19.0. The molecule has 1 N–H and O–H groups in total. The highest BCUT2D eigenvalue weighted by atomic mass is 32.2. The maximum Gasteiger partial charge on any atom is 0.226 e. The van der Waals surface area contributed by atoms with E-state index in [2.05, 4.69) is 10.3 Å². The summed E-state index contributed by atoms with van der Waals surface area (Å²) in [6, 6.07) is 23.3. The molecule has 0 aliphatic heterocycles.